The van der Waals surface area contributed by atoms with Gasteiger partial charge < -0.3 is 15.5 Å². The maximum Gasteiger partial charge on any atom is 0.306 e. The summed E-state index contributed by atoms with van der Waals surface area (Å²) in [5.41, 5.74) is 11.9. The summed E-state index contributed by atoms with van der Waals surface area (Å²) in [6, 6.07) is 11.9. The van der Waals surface area contributed by atoms with E-state index in [-0.39, 0.29) is 5.97 Å². The molecule has 0 aliphatic carbocycles. The molecule has 0 fully saturated rings. The molecule has 0 aliphatic heterocycles. The topological polar surface area (TPSA) is 81.6 Å². The van der Waals surface area contributed by atoms with E-state index in [0.717, 1.165) is 28.1 Å². The van der Waals surface area contributed by atoms with Crippen LogP contribution >= 0.6 is 11.6 Å². The Kier molecular flexibility index (Phi) is 13.6. The van der Waals surface area contributed by atoms with Crippen LogP contribution in [0, 0.1) is 13.8 Å². The van der Waals surface area contributed by atoms with Gasteiger partial charge in [-0.3, -0.25) is 4.79 Å². The smallest absolute Gasteiger partial charge is 0.306 e. The number of carbonyl (C=O) groups excluding carboxylic acids is 1. The molecular weight excluding hydrogens is 386 g/mol. The van der Waals surface area contributed by atoms with Gasteiger partial charge >= 0.3 is 5.97 Å². The van der Waals surface area contributed by atoms with Crippen molar-refractivity contribution in [3.8, 4) is 0 Å². The molecule has 4 N–H and O–H groups in total. The lowest BCUT2D eigenvalue weighted by Crippen LogP contribution is -2.26. The van der Waals surface area contributed by atoms with Gasteiger partial charge in [-0.05, 0) is 55.5 Å². The first-order valence-corrected chi connectivity index (χ1v) is 10.5. The average Bonchev–Trinajstić information content (AvgIpc) is 2.71. The number of nitrogens with zero attached hydrogens (tertiary/aromatic N) is 1. The number of alkyl halides is 1. The zero-order valence-electron chi connectivity index (χ0n) is 18.6. The van der Waals surface area contributed by atoms with Crippen LogP contribution in [0.25, 0.3) is 0 Å². The number of benzene rings is 2. The molecule has 29 heavy (non-hydrogen) atoms. The Morgan fingerprint density at radius 1 is 1.14 bits per heavy atom. The quantitative estimate of drug-likeness (QED) is 0.222. The van der Waals surface area contributed by atoms with Crippen molar-refractivity contribution in [2.75, 3.05) is 24.4 Å². The predicted octanol–water partition coefficient (Wildman–Crippen LogP) is 5.14. The normalized spacial score (nSPS) is 9.52. The Morgan fingerprint density at radius 2 is 1.79 bits per heavy atom. The SMILES string of the molecule is CC.CCOC(=O)CCc1ccc(C)c(CCl)c1.Cc1cccc(N(C)N)c1N. The van der Waals surface area contributed by atoms with Crippen LogP contribution in [0.2, 0.25) is 0 Å². The fourth-order valence-corrected chi connectivity index (χ4v) is 2.76. The van der Waals surface area contributed by atoms with E-state index in [2.05, 4.69) is 6.07 Å². The summed E-state index contributed by atoms with van der Waals surface area (Å²) in [6.45, 7) is 10.3. The maximum atomic E-state index is 11.2. The predicted molar refractivity (Wildman–Crippen MR) is 125 cm³/mol. The maximum absolute atomic E-state index is 11.2. The van der Waals surface area contributed by atoms with E-state index in [9.17, 15) is 4.79 Å². The van der Waals surface area contributed by atoms with Crippen LogP contribution < -0.4 is 16.6 Å². The number of aryl methyl sites for hydroxylation is 3. The number of hydrazine groups is 1. The summed E-state index contributed by atoms with van der Waals surface area (Å²) >= 11 is 5.82. The molecule has 6 heteroatoms. The number of hydrogen-bond acceptors (Lipinski definition) is 5. The van der Waals surface area contributed by atoms with Crippen LogP contribution in [0.4, 0.5) is 11.4 Å². The number of halogens is 1. The van der Waals surface area contributed by atoms with Gasteiger partial charge in [0.1, 0.15) is 0 Å². The zero-order valence-corrected chi connectivity index (χ0v) is 19.3. The number of carbonyl (C=O) groups is 1. The number of nitrogen functional groups attached to an aromatic ring is 1. The van der Waals surface area contributed by atoms with Crippen LogP contribution in [-0.2, 0) is 21.8 Å². The average molecular weight is 422 g/mol. The number of nitrogens with two attached hydrogens (primary N) is 2. The molecule has 0 unspecified atom stereocenters. The van der Waals surface area contributed by atoms with Gasteiger partial charge in [-0.15, -0.1) is 11.6 Å². The van der Waals surface area contributed by atoms with Crippen LogP contribution in [-0.4, -0.2) is 19.6 Å². The molecule has 2 rings (SSSR count). The monoisotopic (exact) mass is 421 g/mol. The molecule has 0 saturated heterocycles. The molecule has 0 atom stereocenters. The van der Waals surface area contributed by atoms with Gasteiger partial charge in [-0.1, -0.05) is 44.2 Å². The number of esters is 1. The third-order valence-corrected chi connectivity index (χ3v) is 4.45. The van der Waals surface area contributed by atoms with E-state index in [0.29, 0.717) is 25.3 Å². The summed E-state index contributed by atoms with van der Waals surface area (Å²) in [7, 11) is 1.77. The van der Waals surface area contributed by atoms with E-state index in [1.165, 1.54) is 10.6 Å². The molecule has 0 radical (unpaired) electrons. The molecule has 0 amide bonds. The highest BCUT2D eigenvalue weighted by atomic mass is 35.5. The number of ether oxygens (including phenoxy) is 1. The molecule has 0 spiro atoms. The van der Waals surface area contributed by atoms with Crippen molar-refractivity contribution in [1.29, 1.82) is 0 Å². The van der Waals surface area contributed by atoms with Crippen molar-refractivity contribution in [3.63, 3.8) is 0 Å². The second kappa shape index (κ2) is 14.7. The lowest BCUT2D eigenvalue weighted by molar-refractivity contribution is -0.143. The highest BCUT2D eigenvalue weighted by Gasteiger charge is 2.04. The fourth-order valence-electron chi connectivity index (χ4n) is 2.48. The largest absolute Gasteiger partial charge is 0.466 e. The molecular formula is C23H36ClN3O2. The fraction of sp³-hybridized carbons (Fsp3) is 0.435. The van der Waals surface area contributed by atoms with E-state index in [4.69, 9.17) is 27.9 Å². The summed E-state index contributed by atoms with van der Waals surface area (Å²) in [4.78, 5) is 11.2. The van der Waals surface area contributed by atoms with Crippen molar-refractivity contribution in [2.24, 2.45) is 5.84 Å². The van der Waals surface area contributed by atoms with Gasteiger partial charge in [0, 0.05) is 19.3 Å². The number of para-hydroxylation sites is 1. The van der Waals surface area contributed by atoms with Gasteiger partial charge in [0.15, 0.2) is 0 Å². The molecule has 2 aromatic rings. The second-order valence-corrected chi connectivity index (χ2v) is 6.59. The molecule has 0 bridgehead atoms. The second-order valence-electron chi connectivity index (χ2n) is 6.32. The molecule has 5 nitrogen and oxygen atoms in total. The molecule has 0 heterocycles. The highest BCUT2D eigenvalue weighted by Crippen LogP contribution is 2.22. The first kappa shape index (κ1) is 26.8. The van der Waals surface area contributed by atoms with Gasteiger partial charge in [-0.25, -0.2) is 5.84 Å². The molecule has 0 saturated carbocycles. The minimum absolute atomic E-state index is 0.143. The van der Waals surface area contributed by atoms with E-state index < -0.39 is 0 Å². The van der Waals surface area contributed by atoms with Crippen molar-refractivity contribution in [1.82, 2.24) is 0 Å². The Labute approximate surface area is 181 Å². The van der Waals surface area contributed by atoms with Crippen LogP contribution in [0.3, 0.4) is 0 Å². The third kappa shape index (κ3) is 9.68. The van der Waals surface area contributed by atoms with Crippen molar-refractivity contribution >= 4 is 28.9 Å². The first-order chi connectivity index (χ1) is 13.8. The molecule has 162 valence electrons. The molecule has 0 aromatic heterocycles. The number of rotatable bonds is 6. The van der Waals surface area contributed by atoms with Crippen LogP contribution in [0.5, 0.6) is 0 Å². The van der Waals surface area contributed by atoms with Crippen molar-refractivity contribution in [2.45, 2.75) is 53.3 Å². The summed E-state index contributed by atoms with van der Waals surface area (Å²) in [6.07, 6.45) is 1.14. The summed E-state index contributed by atoms with van der Waals surface area (Å²) in [5.74, 6) is 5.91. The highest BCUT2D eigenvalue weighted by molar-refractivity contribution is 6.17. The number of hydrogen-bond donors (Lipinski definition) is 2. The van der Waals surface area contributed by atoms with E-state index in [1.54, 1.807) is 7.05 Å². The Balaban J connectivity index is 0.000000526. The van der Waals surface area contributed by atoms with Gasteiger partial charge in [0.05, 0.1) is 18.0 Å². The minimum Gasteiger partial charge on any atom is -0.466 e. The molecule has 0 aliphatic rings. The Morgan fingerprint density at radius 3 is 2.31 bits per heavy atom. The van der Waals surface area contributed by atoms with Crippen LogP contribution in [0.15, 0.2) is 36.4 Å². The molecule has 2 aromatic carbocycles. The lowest BCUT2D eigenvalue weighted by Gasteiger charge is -2.15. The first-order valence-electron chi connectivity index (χ1n) is 9.93. The number of anilines is 2. The zero-order chi connectivity index (χ0) is 22.4. The lowest BCUT2D eigenvalue weighted by atomic mass is 10.0. The standard InChI is InChI=1S/C13H17ClO2.C8H13N3.C2H6/c1-3-16-13(15)7-6-11-5-4-10(2)12(8-11)9-14;1-6-4-3-5-7(8(6)9)11(2)10;1-2/h4-5,8H,3,6-7,9H2,1-2H3;3-5H,9-10H2,1-2H3;1-2H3. The van der Waals surface area contributed by atoms with Crippen molar-refractivity contribution < 1.29 is 9.53 Å². The van der Waals surface area contributed by atoms with Gasteiger partial charge in [0.25, 0.3) is 0 Å². The Hall–Kier alpha value is -2.24. The summed E-state index contributed by atoms with van der Waals surface area (Å²) in [5, 5.41) is 1.52. The summed E-state index contributed by atoms with van der Waals surface area (Å²) < 4.78 is 4.88. The Bertz CT molecular complexity index is 749. The third-order valence-electron chi connectivity index (χ3n) is 4.16. The van der Waals surface area contributed by atoms with E-state index in [1.807, 2.05) is 65.0 Å². The van der Waals surface area contributed by atoms with Crippen molar-refractivity contribution in [3.05, 3.63) is 58.7 Å². The van der Waals surface area contributed by atoms with E-state index >= 15 is 0 Å². The van der Waals surface area contributed by atoms with Gasteiger partial charge in [0.2, 0.25) is 0 Å². The van der Waals surface area contributed by atoms with Gasteiger partial charge in [-0.2, -0.15) is 0 Å². The minimum atomic E-state index is -0.143. The van der Waals surface area contributed by atoms with Crippen LogP contribution in [0.1, 0.15) is 49.4 Å².